The molecule has 5 heteroatoms. The van der Waals surface area contributed by atoms with Crippen molar-refractivity contribution in [2.24, 2.45) is 11.8 Å². The first-order chi connectivity index (χ1) is 9.74. The summed E-state index contributed by atoms with van der Waals surface area (Å²) < 4.78 is 20.1. The summed E-state index contributed by atoms with van der Waals surface area (Å²) in [5.41, 5.74) is 3.50. The summed E-state index contributed by atoms with van der Waals surface area (Å²) in [6.45, 7) is 0.748. The van der Waals surface area contributed by atoms with Crippen molar-refractivity contribution in [1.29, 1.82) is 0 Å². The number of halogens is 1. The molecule has 3 atom stereocenters. The van der Waals surface area contributed by atoms with Gasteiger partial charge in [0.2, 0.25) is 0 Å². The Labute approximate surface area is 123 Å². The number of ether oxygens (including phenoxy) is 1. The van der Waals surface area contributed by atoms with Crippen LogP contribution in [0.15, 0.2) is 24.3 Å². The van der Waals surface area contributed by atoms with E-state index in [-0.39, 0.29) is 17.5 Å². The van der Waals surface area contributed by atoms with E-state index in [9.17, 15) is 4.39 Å². The van der Waals surface area contributed by atoms with Gasteiger partial charge in [-0.25, -0.2) is 4.39 Å². The summed E-state index contributed by atoms with van der Waals surface area (Å²) in [7, 11) is 0. The van der Waals surface area contributed by atoms with Gasteiger partial charge < -0.3 is 4.74 Å². The second-order valence-corrected chi connectivity index (χ2v) is 6.86. The fraction of sp³-hybridized carbons (Fsp3) is 0.600. The van der Waals surface area contributed by atoms with E-state index >= 15 is 0 Å². The molecule has 2 fully saturated rings. The molecule has 20 heavy (non-hydrogen) atoms. The number of nitrogens with two attached hydrogens (primary N) is 1. The van der Waals surface area contributed by atoms with Crippen LogP contribution in [0, 0.1) is 11.7 Å². The first-order valence-electron chi connectivity index (χ1n) is 7.16. The van der Waals surface area contributed by atoms with Crippen LogP contribution in [0.5, 0.6) is 0 Å². The van der Waals surface area contributed by atoms with Gasteiger partial charge in [0.1, 0.15) is 5.82 Å². The molecule has 3 unspecified atom stereocenters. The summed E-state index contributed by atoms with van der Waals surface area (Å²) in [5.74, 6) is 8.08. The summed E-state index contributed by atoms with van der Waals surface area (Å²) in [6, 6.07) is 6.77. The van der Waals surface area contributed by atoms with Crippen LogP contribution >= 0.6 is 11.8 Å². The quantitative estimate of drug-likeness (QED) is 0.665. The lowest BCUT2D eigenvalue weighted by molar-refractivity contribution is -0.0856. The molecular formula is C15H21FN2OS. The van der Waals surface area contributed by atoms with Gasteiger partial charge in [-0.1, -0.05) is 18.2 Å². The molecule has 0 aliphatic carbocycles. The van der Waals surface area contributed by atoms with E-state index in [1.165, 1.54) is 6.07 Å². The van der Waals surface area contributed by atoms with Crippen LogP contribution in [0.25, 0.3) is 0 Å². The maximum atomic E-state index is 14.0. The van der Waals surface area contributed by atoms with Gasteiger partial charge in [-0.2, -0.15) is 11.8 Å². The Balaban J connectivity index is 1.81. The smallest absolute Gasteiger partial charge is 0.128 e. The monoisotopic (exact) mass is 296 g/mol. The van der Waals surface area contributed by atoms with Gasteiger partial charge in [0, 0.05) is 17.9 Å². The second-order valence-electron chi connectivity index (χ2n) is 5.75. The summed E-state index contributed by atoms with van der Waals surface area (Å²) >= 11 is 1.95. The predicted octanol–water partition coefficient (Wildman–Crippen LogP) is 2.63. The molecule has 2 heterocycles. The lowest BCUT2D eigenvalue weighted by Gasteiger charge is -2.40. The van der Waals surface area contributed by atoms with E-state index in [0.717, 1.165) is 37.4 Å². The van der Waals surface area contributed by atoms with Gasteiger partial charge in [0.05, 0.1) is 11.6 Å². The molecule has 1 aromatic rings. The molecule has 110 valence electrons. The van der Waals surface area contributed by atoms with Gasteiger partial charge in [0.15, 0.2) is 0 Å². The van der Waals surface area contributed by atoms with Crippen molar-refractivity contribution in [3.8, 4) is 0 Å². The Hall–Kier alpha value is -0.620. The molecule has 3 nitrogen and oxygen atoms in total. The minimum absolute atomic E-state index is 0.00601. The van der Waals surface area contributed by atoms with Crippen molar-refractivity contribution < 1.29 is 9.13 Å². The number of hydrazine groups is 1. The lowest BCUT2D eigenvalue weighted by Crippen LogP contribution is -2.45. The van der Waals surface area contributed by atoms with Crippen LogP contribution in [0.3, 0.4) is 0 Å². The van der Waals surface area contributed by atoms with Crippen LogP contribution in [0.1, 0.15) is 30.9 Å². The van der Waals surface area contributed by atoms with Crippen molar-refractivity contribution in [2.75, 3.05) is 18.1 Å². The van der Waals surface area contributed by atoms with Crippen LogP contribution in [0.2, 0.25) is 0 Å². The van der Waals surface area contributed by atoms with Crippen LogP contribution in [-0.4, -0.2) is 23.7 Å². The number of hydrogen-bond acceptors (Lipinski definition) is 4. The maximum absolute atomic E-state index is 14.0. The van der Waals surface area contributed by atoms with Gasteiger partial charge >= 0.3 is 0 Å². The fourth-order valence-electron chi connectivity index (χ4n) is 3.42. The molecule has 3 N–H and O–H groups in total. The van der Waals surface area contributed by atoms with E-state index in [1.54, 1.807) is 6.07 Å². The molecule has 0 aromatic heterocycles. The average Bonchev–Trinajstić information content (AvgIpc) is 2.90. The molecule has 0 saturated carbocycles. The number of benzene rings is 1. The third-order valence-electron chi connectivity index (χ3n) is 4.49. The van der Waals surface area contributed by atoms with Crippen molar-refractivity contribution >= 4 is 11.8 Å². The number of rotatable bonds is 3. The molecule has 2 aliphatic rings. The normalized spacial score (nSPS) is 31.6. The molecule has 1 spiro atoms. The van der Waals surface area contributed by atoms with Gasteiger partial charge in [-0.3, -0.25) is 11.3 Å². The Morgan fingerprint density at radius 3 is 3.00 bits per heavy atom. The first kappa shape index (κ1) is 14.3. The Morgan fingerprint density at radius 2 is 2.30 bits per heavy atom. The Bertz CT molecular complexity index is 465. The number of nitrogens with one attached hydrogen (secondary N) is 1. The summed E-state index contributed by atoms with van der Waals surface area (Å²) in [6.07, 6.45) is 2.99. The minimum atomic E-state index is -0.184. The van der Waals surface area contributed by atoms with E-state index in [4.69, 9.17) is 10.6 Å². The van der Waals surface area contributed by atoms with Crippen LogP contribution < -0.4 is 11.3 Å². The Kier molecular flexibility index (Phi) is 4.31. The fourth-order valence-corrected chi connectivity index (χ4v) is 4.80. The minimum Gasteiger partial charge on any atom is -0.374 e. The van der Waals surface area contributed by atoms with Crippen molar-refractivity contribution in [2.45, 2.75) is 30.9 Å². The molecule has 0 amide bonds. The highest BCUT2D eigenvalue weighted by atomic mass is 32.2. The van der Waals surface area contributed by atoms with E-state index in [2.05, 4.69) is 5.43 Å². The molecule has 2 saturated heterocycles. The zero-order valence-electron chi connectivity index (χ0n) is 11.5. The summed E-state index contributed by atoms with van der Waals surface area (Å²) in [4.78, 5) is 0. The van der Waals surface area contributed by atoms with E-state index < -0.39 is 0 Å². The molecule has 0 bridgehead atoms. The highest BCUT2D eigenvalue weighted by molar-refractivity contribution is 7.99. The predicted molar refractivity (Wildman–Crippen MR) is 79.8 cm³/mol. The van der Waals surface area contributed by atoms with Crippen LogP contribution in [0.4, 0.5) is 4.39 Å². The topological polar surface area (TPSA) is 47.3 Å². The number of thioether (sulfide) groups is 1. The zero-order valence-corrected chi connectivity index (χ0v) is 12.3. The second kappa shape index (κ2) is 6.02. The first-order valence-corrected chi connectivity index (χ1v) is 8.32. The molecule has 3 rings (SSSR count). The van der Waals surface area contributed by atoms with E-state index in [1.807, 2.05) is 23.9 Å². The lowest BCUT2D eigenvalue weighted by atomic mass is 9.79. The molecular weight excluding hydrogens is 275 g/mol. The van der Waals surface area contributed by atoms with Crippen molar-refractivity contribution in [3.63, 3.8) is 0 Å². The van der Waals surface area contributed by atoms with Crippen LogP contribution in [-0.2, 0) is 4.74 Å². The van der Waals surface area contributed by atoms with Gasteiger partial charge in [-0.15, -0.1) is 0 Å². The van der Waals surface area contributed by atoms with E-state index in [0.29, 0.717) is 11.5 Å². The van der Waals surface area contributed by atoms with Crippen molar-refractivity contribution in [1.82, 2.24) is 5.43 Å². The largest absolute Gasteiger partial charge is 0.374 e. The number of hydrogen-bond donors (Lipinski definition) is 2. The van der Waals surface area contributed by atoms with Gasteiger partial charge in [0.25, 0.3) is 0 Å². The third-order valence-corrected chi connectivity index (χ3v) is 5.71. The standard InChI is InChI=1S/C15H21FN2OS/c16-13-4-2-1-3-12(13)14(18-17)11-5-7-19-15(9-11)6-8-20-10-15/h1-4,11,14,18H,5-10,17H2. The molecule has 1 aromatic carbocycles. The van der Waals surface area contributed by atoms with Crippen molar-refractivity contribution in [3.05, 3.63) is 35.6 Å². The highest BCUT2D eigenvalue weighted by Crippen LogP contribution is 2.44. The van der Waals surface area contributed by atoms with Gasteiger partial charge in [-0.05, 0) is 37.0 Å². The Morgan fingerprint density at radius 1 is 1.45 bits per heavy atom. The maximum Gasteiger partial charge on any atom is 0.128 e. The summed E-state index contributed by atoms with van der Waals surface area (Å²) in [5, 5.41) is 0. The SMILES string of the molecule is NNC(c1ccccc1F)C1CCOC2(CCSC2)C1. The molecule has 0 radical (unpaired) electrons. The molecule has 2 aliphatic heterocycles. The highest BCUT2D eigenvalue weighted by Gasteiger charge is 2.42. The third kappa shape index (κ3) is 2.72. The average molecular weight is 296 g/mol. The zero-order chi connectivity index (χ0) is 14.0.